The van der Waals surface area contributed by atoms with E-state index in [1.54, 1.807) is 12.1 Å². The predicted molar refractivity (Wildman–Crippen MR) is 81.1 cm³/mol. The maximum atomic E-state index is 12.0. The van der Waals surface area contributed by atoms with Gasteiger partial charge in [-0.25, -0.2) is 0 Å². The lowest BCUT2D eigenvalue weighted by Gasteiger charge is -2.06. The van der Waals surface area contributed by atoms with Gasteiger partial charge in [-0.2, -0.15) is 0 Å². The van der Waals surface area contributed by atoms with E-state index in [1.165, 1.54) is 43.5 Å². The average Bonchev–Trinajstić information content (AvgIpc) is 2.48. The van der Waals surface area contributed by atoms with E-state index in [0.29, 0.717) is 11.1 Å². The number of halogens is 1. The molecule has 0 aliphatic rings. The summed E-state index contributed by atoms with van der Waals surface area (Å²) in [6, 6.07) is 9.06. The molecule has 2 N–H and O–H groups in total. The summed E-state index contributed by atoms with van der Waals surface area (Å²) in [7, 11) is 1.42. The molecular weight excluding hydrogens is 292 g/mol. The van der Waals surface area contributed by atoms with Gasteiger partial charge in [0.1, 0.15) is 5.75 Å². The number of rotatable bonds is 4. The molecule has 2 aromatic rings. The molecule has 21 heavy (non-hydrogen) atoms. The number of carbonyl (C=O) groups excluding carboxylic acids is 1. The molecule has 5 heteroatoms. The van der Waals surface area contributed by atoms with Crippen LogP contribution >= 0.6 is 11.6 Å². The van der Waals surface area contributed by atoms with Crippen LogP contribution in [-0.4, -0.2) is 23.1 Å². The number of ether oxygens (including phenoxy) is 1. The van der Waals surface area contributed by atoms with Crippen LogP contribution in [0.15, 0.2) is 42.5 Å². The molecule has 2 aromatic carbocycles. The molecule has 2 rings (SSSR count). The van der Waals surface area contributed by atoms with Crippen molar-refractivity contribution >= 4 is 23.5 Å². The standard InChI is InChI=1S/C16H13ClO4/c1-21-15-9-10(8-13(17)16(15)20)2-7-14(19)11-3-5-12(18)6-4-11/h2-9,18,20H,1H3. The number of carbonyl (C=O) groups is 1. The van der Waals surface area contributed by atoms with Gasteiger partial charge in [-0.05, 0) is 48.0 Å². The molecule has 0 bridgehead atoms. The van der Waals surface area contributed by atoms with Crippen molar-refractivity contribution in [1.82, 2.24) is 0 Å². The Labute approximate surface area is 126 Å². The Morgan fingerprint density at radius 2 is 1.86 bits per heavy atom. The molecule has 0 aliphatic heterocycles. The molecule has 0 spiro atoms. The minimum atomic E-state index is -0.210. The third kappa shape index (κ3) is 3.55. The largest absolute Gasteiger partial charge is 0.508 e. The Morgan fingerprint density at radius 3 is 2.48 bits per heavy atom. The highest BCUT2D eigenvalue weighted by molar-refractivity contribution is 6.32. The topological polar surface area (TPSA) is 66.8 Å². The van der Waals surface area contributed by atoms with E-state index in [0.717, 1.165) is 0 Å². The number of aromatic hydroxyl groups is 2. The van der Waals surface area contributed by atoms with Gasteiger partial charge in [-0.15, -0.1) is 0 Å². The normalized spacial score (nSPS) is 10.8. The summed E-state index contributed by atoms with van der Waals surface area (Å²) in [5, 5.41) is 19.0. The van der Waals surface area contributed by atoms with Crippen molar-refractivity contribution in [2.75, 3.05) is 7.11 Å². The molecule has 0 amide bonds. The molecule has 4 nitrogen and oxygen atoms in total. The van der Waals surface area contributed by atoms with Crippen LogP contribution in [0.3, 0.4) is 0 Å². The van der Waals surface area contributed by atoms with Gasteiger partial charge >= 0.3 is 0 Å². The first-order chi connectivity index (χ1) is 10.0. The van der Waals surface area contributed by atoms with E-state index in [1.807, 2.05) is 0 Å². The molecule has 0 unspecified atom stereocenters. The monoisotopic (exact) mass is 304 g/mol. The van der Waals surface area contributed by atoms with Crippen LogP contribution in [0.2, 0.25) is 5.02 Å². The fourth-order valence-electron chi connectivity index (χ4n) is 1.74. The van der Waals surface area contributed by atoms with Gasteiger partial charge in [0.2, 0.25) is 0 Å². The van der Waals surface area contributed by atoms with E-state index in [-0.39, 0.29) is 28.1 Å². The molecule has 108 valence electrons. The number of benzene rings is 2. The van der Waals surface area contributed by atoms with Crippen LogP contribution < -0.4 is 4.74 Å². The molecule has 0 saturated carbocycles. The highest BCUT2D eigenvalue weighted by atomic mass is 35.5. The zero-order valence-electron chi connectivity index (χ0n) is 11.2. The van der Waals surface area contributed by atoms with Crippen LogP contribution in [0.1, 0.15) is 15.9 Å². The van der Waals surface area contributed by atoms with E-state index in [9.17, 15) is 15.0 Å². The van der Waals surface area contributed by atoms with Crippen molar-refractivity contribution in [3.63, 3.8) is 0 Å². The summed E-state index contributed by atoms with van der Waals surface area (Å²) < 4.78 is 4.99. The Hall–Kier alpha value is -2.46. The number of methoxy groups -OCH3 is 1. The van der Waals surface area contributed by atoms with Gasteiger partial charge in [0.25, 0.3) is 0 Å². The highest BCUT2D eigenvalue weighted by Crippen LogP contribution is 2.35. The molecular formula is C16H13ClO4. The highest BCUT2D eigenvalue weighted by Gasteiger charge is 2.08. The van der Waals surface area contributed by atoms with Gasteiger partial charge < -0.3 is 14.9 Å². The summed E-state index contributed by atoms with van der Waals surface area (Å²) in [4.78, 5) is 12.0. The van der Waals surface area contributed by atoms with Crippen molar-refractivity contribution in [2.45, 2.75) is 0 Å². The fraction of sp³-hybridized carbons (Fsp3) is 0.0625. The minimum absolute atomic E-state index is 0.102. The quantitative estimate of drug-likeness (QED) is 0.668. The number of phenolic OH excluding ortho intramolecular Hbond substituents is 2. The third-order valence-corrected chi connectivity index (χ3v) is 3.14. The number of hydrogen-bond donors (Lipinski definition) is 2. The molecule has 0 radical (unpaired) electrons. The van der Waals surface area contributed by atoms with E-state index >= 15 is 0 Å². The van der Waals surface area contributed by atoms with Crippen LogP contribution in [0.25, 0.3) is 6.08 Å². The Morgan fingerprint density at radius 1 is 1.19 bits per heavy atom. The maximum Gasteiger partial charge on any atom is 0.185 e. The second kappa shape index (κ2) is 6.33. The van der Waals surface area contributed by atoms with E-state index in [2.05, 4.69) is 0 Å². The first kappa shape index (κ1) is 14.9. The third-order valence-electron chi connectivity index (χ3n) is 2.85. The van der Waals surface area contributed by atoms with Gasteiger partial charge in [-0.1, -0.05) is 17.7 Å². The van der Waals surface area contributed by atoms with Crippen molar-refractivity contribution < 1.29 is 19.7 Å². The summed E-state index contributed by atoms with van der Waals surface area (Å²) in [5.41, 5.74) is 1.09. The molecule has 0 saturated heterocycles. The van der Waals surface area contributed by atoms with E-state index < -0.39 is 0 Å². The van der Waals surface area contributed by atoms with Crippen molar-refractivity contribution in [2.24, 2.45) is 0 Å². The smallest absolute Gasteiger partial charge is 0.185 e. The lowest BCUT2D eigenvalue weighted by molar-refractivity contribution is 0.104. The van der Waals surface area contributed by atoms with Crippen LogP contribution in [-0.2, 0) is 0 Å². The van der Waals surface area contributed by atoms with Gasteiger partial charge in [0.05, 0.1) is 12.1 Å². The molecule has 0 atom stereocenters. The van der Waals surface area contributed by atoms with Crippen LogP contribution in [0, 0.1) is 0 Å². The van der Waals surface area contributed by atoms with Gasteiger partial charge in [0, 0.05) is 5.56 Å². The second-order valence-corrected chi connectivity index (χ2v) is 4.71. The zero-order valence-corrected chi connectivity index (χ0v) is 12.0. The first-order valence-corrected chi connectivity index (χ1v) is 6.47. The van der Waals surface area contributed by atoms with Crippen LogP contribution in [0.5, 0.6) is 17.2 Å². The van der Waals surface area contributed by atoms with E-state index in [4.69, 9.17) is 16.3 Å². The lowest BCUT2D eigenvalue weighted by Crippen LogP contribution is -1.93. The number of phenols is 2. The minimum Gasteiger partial charge on any atom is -0.508 e. The summed E-state index contributed by atoms with van der Waals surface area (Å²) in [6.45, 7) is 0. The van der Waals surface area contributed by atoms with Gasteiger partial charge in [0.15, 0.2) is 17.3 Å². The number of ketones is 1. The maximum absolute atomic E-state index is 12.0. The van der Waals surface area contributed by atoms with Crippen LogP contribution in [0.4, 0.5) is 0 Å². The average molecular weight is 305 g/mol. The predicted octanol–water partition coefficient (Wildman–Crippen LogP) is 3.66. The van der Waals surface area contributed by atoms with Crippen molar-refractivity contribution in [3.8, 4) is 17.2 Å². The van der Waals surface area contributed by atoms with Crippen molar-refractivity contribution in [1.29, 1.82) is 0 Å². The Bertz CT molecular complexity index is 690. The molecule has 0 fully saturated rings. The Kier molecular flexibility index (Phi) is 4.50. The first-order valence-electron chi connectivity index (χ1n) is 6.09. The molecule has 0 aliphatic carbocycles. The second-order valence-electron chi connectivity index (χ2n) is 4.30. The molecule has 0 aromatic heterocycles. The number of allylic oxidation sites excluding steroid dienone is 1. The summed E-state index contributed by atoms with van der Waals surface area (Å²) in [6.07, 6.45) is 2.96. The van der Waals surface area contributed by atoms with Crippen molar-refractivity contribution in [3.05, 3.63) is 58.6 Å². The van der Waals surface area contributed by atoms with Gasteiger partial charge in [-0.3, -0.25) is 4.79 Å². The summed E-state index contributed by atoms with van der Waals surface area (Å²) >= 11 is 5.87. The summed E-state index contributed by atoms with van der Waals surface area (Å²) in [5.74, 6) is -0.0100. The SMILES string of the molecule is COc1cc(C=CC(=O)c2ccc(O)cc2)cc(Cl)c1O. The zero-order chi connectivity index (χ0) is 15.4. The molecule has 0 heterocycles. The number of hydrogen-bond acceptors (Lipinski definition) is 4. The Balaban J connectivity index is 2.23. The lowest BCUT2D eigenvalue weighted by atomic mass is 10.1. The fourth-order valence-corrected chi connectivity index (χ4v) is 1.96.